The Morgan fingerprint density at radius 2 is 2.05 bits per heavy atom. The minimum atomic E-state index is 0.0144. The fourth-order valence-corrected chi connectivity index (χ4v) is 2.16. The van der Waals surface area contributed by atoms with Crippen molar-refractivity contribution >= 4 is 5.84 Å². The van der Waals surface area contributed by atoms with Gasteiger partial charge in [-0.1, -0.05) is 32.0 Å². The number of nitrogens with zero attached hydrogens (tertiary/aromatic N) is 1. The first-order valence-electron chi connectivity index (χ1n) is 7.11. The van der Waals surface area contributed by atoms with Gasteiger partial charge in [-0.05, 0) is 37.0 Å². The number of hydrogen-bond acceptors (Lipinski definition) is 3. The molecule has 1 aromatic heterocycles. The Hall–Kier alpha value is -2.36. The van der Waals surface area contributed by atoms with Crippen molar-refractivity contribution in [3.8, 4) is 11.6 Å². The number of pyridine rings is 1. The third kappa shape index (κ3) is 3.60. The van der Waals surface area contributed by atoms with E-state index in [1.165, 1.54) is 0 Å². The topological polar surface area (TPSA) is 72.0 Å². The summed E-state index contributed by atoms with van der Waals surface area (Å²) in [5, 5.41) is 7.54. The standard InChI is InChI=1S/C17H21N3O/c1-4-11(2)14-7-5-6-8-15(14)21-16-10-13(17(18)19)9-12(3)20-16/h5-11H,4H2,1-3H3,(H3,18,19). The van der Waals surface area contributed by atoms with Gasteiger partial charge >= 0.3 is 0 Å². The quantitative estimate of drug-likeness (QED) is 0.644. The van der Waals surface area contributed by atoms with Crippen molar-refractivity contribution in [2.24, 2.45) is 5.73 Å². The van der Waals surface area contributed by atoms with E-state index in [1.807, 2.05) is 25.1 Å². The van der Waals surface area contributed by atoms with Gasteiger partial charge in [0.2, 0.25) is 5.88 Å². The monoisotopic (exact) mass is 283 g/mol. The van der Waals surface area contributed by atoms with Crippen LogP contribution in [-0.4, -0.2) is 10.8 Å². The van der Waals surface area contributed by atoms with Crippen LogP contribution in [0.25, 0.3) is 0 Å². The van der Waals surface area contributed by atoms with Crippen LogP contribution < -0.4 is 10.5 Å². The van der Waals surface area contributed by atoms with Crippen LogP contribution in [0.2, 0.25) is 0 Å². The Bertz CT molecular complexity index is 652. The Morgan fingerprint density at radius 3 is 2.71 bits per heavy atom. The van der Waals surface area contributed by atoms with E-state index in [1.54, 1.807) is 12.1 Å². The van der Waals surface area contributed by atoms with Crippen LogP contribution in [0.5, 0.6) is 11.6 Å². The van der Waals surface area contributed by atoms with Crippen LogP contribution >= 0.6 is 0 Å². The molecule has 0 fully saturated rings. The predicted octanol–water partition coefficient (Wildman–Crippen LogP) is 3.98. The SMILES string of the molecule is CCC(C)c1ccccc1Oc1cc(C(=N)N)cc(C)n1. The molecular weight excluding hydrogens is 262 g/mol. The molecule has 0 amide bonds. The molecule has 4 heteroatoms. The van der Waals surface area contributed by atoms with Gasteiger partial charge in [0, 0.05) is 17.3 Å². The third-order valence-electron chi connectivity index (χ3n) is 3.52. The number of rotatable bonds is 5. The summed E-state index contributed by atoms with van der Waals surface area (Å²) in [5.41, 5.74) is 8.10. The number of nitrogens with two attached hydrogens (primary N) is 1. The second-order valence-electron chi connectivity index (χ2n) is 5.20. The zero-order valence-electron chi connectivity index (χ0n) is 12.7. The molecule has 0 bridgehead atoms. The molecule has 0 saturated carbocycles. The zero-order chi connectivity index (χ0) is 15.4. The Kier molecular flexibility index (Phi) is 4.58. The second-order valence-corrected chi connectivity index (χ2v) is 5.20. The van der Waals surface area contributed by atoms with E-state index >= 15 is 0 Å². The average molecular weight is 283 g/mol. The van der Waals surface area contributed by atoms with Gasteiger partial charge in [0.1, 0.15) is 11.6 Å². The highest BCUT2D eigenvalue weighted by Gasteiger charge is 2.12. The number of ether oxygens (including phenoxy) is 1. The number of hydrogen-bond donors (Lipinski definition) is 2. The van der Waals surface area contributed by atoms with Crippen molar-refractivity contribution in [3.63, 3.8) is 0 Å². The first-order valence-corrected chi connectivity index (χ1v) is 7.11. The molecule has 2 rings (SSSR count). The van der Waals surface area contributed by atoms with Gasteiger partial charge in [-0.25, -0.2) is 4.98 Å². The summed E-state index contributed by atoms with van der Waals surface area (Å²) in [4.78, 5) is 4.36. The maximum atomic E-state index is 7.54. The second kappa shape index (κ2) is 6.39. The molecule has 1 aromatic carbocycles. The summed E-state index contributed by atoms with van der Waals surface area (Å²) in [6, 6.07) is 11.4. The fraction of sp³-hybridized carbons (Fsp3) is 0.294. The molecule has 0 saturated heterocycles. The number of benzene rings is 1. The van der Waals surface area contributed by atoms with Crippen LogP contribution in [0, 0.1) is 12.3 Å². The number of para-hydroxylation sites is 1. The molecule has 0 aliphatic carbocycles. The van der Waals surface area contributed by atoms with E-state index in [0.29, 0.717) is 17.4 Å². The van der Waals surface area contributed by atoms with Gasteiger partial charge in [-0.15, -0.1) is 0 Å². The van der Waals surface area contributed by atoms with Crippen LogP contribution in [-0.2, 0) is 0 Å². The maximum absolute atomic E-state index is 7.54. The Morgan fingerprint density at radius 1 is 1.33 bits per heavy atom. The lowest BCUT2D eigenvalue weighted by molar-refractivity contribution is 0.451. The Balaban J connectivity index is 2.36. The summed E-state index contributed by atoms with van der Waals surface area (Å²) in [7, 11) is 0. The zero-order valence-corrected chi connectivity index (χ0v) is 12.7. The fourth-order valence-electron chi connectivity index (χ4n) is 2.16. The van der Waals surface area contributed by atoms with Crippen molar-refractivity contribution < 1.29 is 4.74 Å². The molecule has 1 unspecified atom stereocenters. The molecule has 0 aliphatic heterocycles. The number of nitrogens with one attached hydrogen (secondary N) is 1. The number of aryl methyl sites for hydroxylation is 1. The highest BCUT2D eigenvalue weighted by Crippen LogP contribution is 2.31. The van der Waals surface area contributed by atoms with E-state index in [-0.39, 0.29) is 5.84 Å². The lowest BCUT2D eigenvalue weighted by Gasteiger charge is -2.15. The summed E-state index contributed by atoms with van der Waals surface area (Å²) in [5.74, 6) is 1.70. The first kappa shape index (κ1) is 15.0. The summed E-state index contributed by atoms with van der Waals surface area (Å²) >= 11 is 0. The molecule has 1 atom stereocenters. The maximum Gasteiger partial charge on any atom is 0.220 e. The smallest absolute Gasteiger partial charge is 0.220 e. The largest absolute Gasteiger partial charge is 0.439 e. The highest BCUT2D eigenvalue weighted by molar-refractivity contribution is 5.95. The third-order valence-corrected chi connectivity index (χ3v) is 3.52. The summed E-state index contributed by atoms with van der Waals surface area (Å²) in [6.07, 6.45) is 1.04. The van der Waals surface area contributed by atoms with Crippen LogP contribution in [0.4, 0.5) is 0 Å². The molecule has 0 aliphatic rings. The van der Waals surface area contributed by atoms with E-state index in [0.717, 1.165) is 23.4 Å². The van der Waals surface area contributed by atoms with E-state index in [4.69, 9.17) is 15.9 Å². The van der Waals surface area contributed by atoms with E-state index < -0.39 is 0 Å². The number of nitrogen functional groups attached to an aromatic ring is 1. The summed E-state index contributed by atoms with van der Waals surface area (Å²) in [6.45, 7) is 6.19. The lowest BCUT2D eigenvalue weighted by Crippen LogP contribution is -2.11. The van der Waals surface area contributed by atoms with Gasteiger partial charge in [0.05, 0.1) is 0 Å². The van der Waals surface area contributed by atoms with Crippen molar-refractivity contribution in [2.45, 2.75) is 33.1 Å². The minimum Gasteiger partial charge on any atom is -0.439 e. The molecule has 2 aromatic rings. The van der Waals surface area contributed by atoms with Gasteiger partial charge in [0.25, 0.3) is 0 Å². The molecule has 3 N–H and O–H groups in total. The normalized spacial score (nSPS) is 12.0. The van der Waals surface area contributed by atoms with Crippen LogP contribution in [0.3, 0.4) is 0 Å². The molecule has 0 radical (unpaired) electrons. The number of amidine groups is 1. The highest BCUT2D eigenvalue weighted by atomic mass is 16.5. The van der Waals surface area contributed by atoms with Gasteiger partial charge in [-0.3, -0.25) is 5.41 Å². The molecule has 21 heavy (non-hydrogen) atoms. The first-order chi connectivity index (χ1) is 10.0. The minimum absolute atomic E-state index is 0.0144. The van der Waals surface area contributed by atoms with Crippen LogP contribution in [0.15, 0.2) is 36.4 Å². The van der Waals surface area contributed by atoms with E-state index in [9.17, 15) is 0 Å². The van der Waals surface area contributed by atoms with Crippen molar-refractivity contribution in [1.29, 1.82) is 5.41 Å². The van der Waals surface area contributed by atoms with Crippen molar-refractivity contribution in [2.75, 3.05) is 0 Å². The Labute approximate surface area is 125 Å². The van der Waals surface area contributed by atoms with Gasteiger partial charge in [-0.2, -0.15) is 0 Å². The van der Waals surface area contributed by atoms with Crippen molar-refractivity contribution in [3.05, 3.63) is 53.2 Å². The molecule has 4 nitrogen and oxygen atoms in total. The van der Waals surface area contributed by atoms with Gasteiger partial charge < -0.3 is 10.5 Å². The predicted molar refractivity (Wildman–Crippen MR) is 85.2 cm³/mol. The molecular formula is C17H21N3O. The van der Waals surface area contributed by atoms with Gasteiger partial charge in [0.15, 0.2) is 0 Å². The lowest BCUT2D eigenvalue weighted by atomic mass is 9.98. The molecule has 110 valence electrons. The van der Waals surface area contributed by atoms with Crippen molar-refractivity contribution in [1.82, 2.24) is 4.98 Å². The van der Waals surface area contributed by atoms with E-state index in [2.05, 4.69) is 24.9 Å². The summed E-state index contributed by atoms with van der Waals surface area (Å²) < 4.78 is 5.94. The van der Waals surface area contributed by atoms with Crippen LogP contribution in [0.1, 0.15) is 43.0 Å². The number of aromatic nitrogens is 1. The molecule has 1 heterocycles. The average Bonchev–Trinajstić information content (AvgIpc) is 2.46. The molecule has 0 spiro atoms.